The van der Waals surface area contributed by atoms with Gasteiger partial charge in [0.2, 0.25) is 5.91 Å². The van der Waals surface area contributed by atoms with Crippen molar-refractivity contribution in [3.05, 3.63) is 35.4 Å². The van der Waals surface area contributed by atoms with Gasteiger partial charge >= 0.3 is 0 Å². The number of ketones is 1. The molecule has 0 bridgehead atoms. The van der Waals surface area contributed by atoms with Crippen LogP contribution in [0.3, 0.4) is 0 Å². The van der Waals surface area contributed by atoms with Crippen LogP contribution in [0.15, 0.2) is 18.2 Å². The van der Waals surface area contributed by atoms with E-state index in [0.717, 1.165) is 12.1 Å². The summed E-state index contributed by atoms with van der Waals surface area (Å²) < 4.78 is 27.0. The van der Waals surface area contributed by atoms with Gasteiger partial charge < -0.3 is 4.90 Å². The van der Waals surface area contributed by atoms with E-state index in [9.17, 15) is 18.4 Å². The van der Waals surface area contributed by atoms with Crippen molar-refractivity contribution >= 4 is 11.7 Å². The summed E-state index contributed by atoms with van der Waals surface area (Å²) in [5.41, 5.74) is -0.553. The van der Waals surface area contributed by atoms with Crippen LogP contribution in [0, 0.1) is 11.6 Å². The number of nitrogens with zero attached hydrogens (tertiary/aromatic N) is 2. The van der Waals surface area contributed by atoms with E-state index in [1.807, 2.05) is 0 Å². The molecule has 0 aromatic heterocycles. The van der Waals surface area contributed by atoms with Gasteiger partial charge in [0.15, 0.2) is 5.78 Å². The summed E-state index contributed by atoms with van der Waals surface area (Å²) in [6, 6.07) is 3.28. The number of Topliss-reactive ketones (excluding diaryl/α,β-unsaturated/α-hetero) is 1. The molecule has 20 heavy (non-hydrogen) atoms. The molecule has 0 saturated heterocycles. The van der Waals surface area contributed by atoms with E-state index >= 15 is 0 Å². The van der Waals surface area contributed by atoms with Crippen LogP contribution in [-0.2, 0) is 4.79 Å². The van der Waals surface area contributed by atoms with Crippen LogP contribution in [0.25, 0.3) is 0 Å². The molecule has 4 nitrogen and oxygen atoms in total. The highest BCUT2D eigenvalue weighted by atomic mass is 19.1. The predicted octanol–water partition coefficient (Wildman–Crippen LogP) is 1.56. The number of carbonyl (C=O) groups excluding carboxylic acids is 2. The van der Waals surface area contributed by atoms with Crippen LogP contribution < -0.4 is 0 Å². The van der Waals surface area contributed by atoms with Crippen LogP contribution in [0.5, 0.6) is 0 Å². The summed E-state index contributed by atoms with van der Waals surface area (Å²) in [4.78, 5) is 26.5. The van der Waals surface area contributed by atoms with E-state index in [4.69, 9.17) is 0 Å². The van der Waals surface area contributed by atoms with E-state index in [1.54, 1.807) is 21.0 Å². The molecular weight excluding hydrogens is 266 g/mol. The van der Waals surface area contributed by atoms with Gasteiger partial charge in [-0.15, -0.1) is 0 Å². The Bertz CT molecular complexity index is 484. The highest BCUT2D eigenvalue weighted by molar-refractivity contribution is 5.98. The molecule has 1 aromatic carbocycles. The molecule has 0 fully saturated rings. The Balaban J connectivity index is 2.80. The smallest absolute Gasteiger partial charge is 0.236 e. The molecule has 0 aliphatic heterocycles. The molecule has 0 aliphatic carbocycles. The lowest BCUT2D eigenvalue weighted by Crippen LogP contribution is -2.39. The number of likely N-dealkylation sites (N-methyl/N-ethyl adjacent to an activating group) is 2. The van der Waals surface area contributed by atoms with Gasteiger partial charge in [-0.1, -0.05) is 13.0 Å². The molecule has 0 heterocycles. The minimum absolute atomic E-state index is 0.0330. The minimum atomic E-state index is -0.884. The first-order valence-corrected chi connectivity index (χ1v) is 6.26. The average molecular weight is 284 g/mol. The molecule has 1 amide bonds. The van der Waals surface area contributed by atoms with Crippen molar-refractivity contribution in [3.8, 4) is 0 Å². The SMILES string of the molecule is CCN(CC(=O)c1c(F)cccc1F)CC(=O)N(C)C. The van der Waals surface area contributed by atoms with Crippen molar-refractivity contribution < 1.29 is 18.4 Å². The van der Waals surface area contributed by atoms with Crippen LogP contribution >= 0.6 is 0 Å². The summed E-state index contributed by atoms with van der Waals surface area (Å²) >= 11 is 0. The fraction of sp³-hybridized carbons (Fsp3) is 0.429. The second-order valence-corrected chi connectivity index (χ2v) is 4.61. The first-order valence-electron chi connectivity index (χ1n) is 6.26. The molecule has 0 saturated carbocycles. The summed E-state index contributed by atoms with van der Waals surface area (Å²) in [5.74, 6) is -2.61. The first kappa shape index (κ1) is 16.2. The third-order valence-corrected chi connectivity index (χ3v) is 2.91. The van der Waals surface area contributed by atoms with E-state index < -0.39 is 23.0 Å². The van der Waals surface area contributed by atoms with Crippen LogP contribution in [0.4, 0.5) is 8.78 Å². The van der Waals surface area contributed by atoms with Crippen molar-refractivity contribution in [1.29, 1.82) is 0 Å². The number of halogens is 2. The standard InChI is InChI=1S/C14H18F2N2O2/c1-4-18(9-13(20)17(2)3)8-12(19)14-10(15)6-5-7-11(14)16/h5-7H,4,8-9H2,1-3H3. The number of amides is 1. The molecule has 110 valence electrons. The van der Waals surface area contributed by atoms with Gasteiger partial charge in [0.25, 0.3) is 0 Å². The molecule has 0 N–H and O–H groups in total. The topological polar surface area (TPSA) is 40.6 Å². The normalized spacial score (nSPS) is 10.7. The van der Waals surface area contributed by atoms with Gasteiger partial charge in [-0.3, -0.25) is 14.5 Å². The Kier molecular flexibility index (Phi) is 5.76. The van der Waals surface area contributed by atoms with Crippen LogP contribution in [-0.4, -0.2) is 55.2 Å². The highest BCUT2D eigenvalue weighted by Gasteiger charge is 2.20. The van der Waals surface area contributed by atoms with Gasteiger partial charge in [0.05, 0.1) is 18.7 Å². The maximum absolute atomic E-state index is 13.5. The molecular formula is C14H18F2N2O2. The second kappa shape index (κ2) is 7.09. The fourth-order valence-corrected chi connectivity index (χ4v) is 1.66. The highest BCUT2D eigenvalue weighted by Crippen LogP contribution is 2.13. The molecule has 1 rings (SSSR count). The third kappa shape index (κ3) is 4.09. The molecule has 0 radical (unpaired) electrons. The Labute approximate surface area is 117 Å². The van der Waals surface area contributed by atoms with Gasteiger partial charge in [-0.25, -0.2) is 8.78 Å². The predicted molar refractivity (Wildman–Crippen MR) is 71.5 cm³/mol. The van der Waals surface area contributed by atoms with Crippen LogP contribution in [0.2, 0.25) is 0 Å². The van der Waals surface area contributed by atoms with Crippen molar-refractivity contribution in [2.75, 3.05) is 33.7 Å². The van der Waals surface area contributed by atoms with Crippen LogP contribution in [0.1, 0.15) is 17.3 Å². The number of benzene rings is 1. The largest absolute Gasteiger partial charge is 0.348 e. The third-order valence-electron chi connectivity index (χ3n) is 2.91. The number of rotatable bonds is 6. The minimum Gasteiger partial charge on any atom is -0.348 e. The summed E-state index contributed by atoms with van der Waals surface area (Å²) in [7, 11) is 3.21. The lowest BCUT2D eigenvalue weighted by molar-refractivity contribution is -0.129. The van der Waals surface area contributed by atoms with Crippen molar-refractivity contribution in [2.24, 2.45) is 0 Å². The Morgan fingerprint density at radius 3 is 2.10 bits per heavy atom. The number of hydrogen-bond acceptors (Lipinski definition) is 3. The Hall–Kier alpha value is -1.82. The van der Waals surface area contributed by atoms with Crippen molar-refractivity contribution in [2.45, 2.75) is 6.92 Å². The van der Waals surface area contributed by atoms with Gasteiger partial charge in [0, 0.05) is 14.1 Å². The van der Waals surface area contributed by atoms with Gasteiger partial charge in [0.1, 0.15) is 11.6 Å². The fourth-order valence-electron chi connectivity index (χ4n) is 1.66. The van der Waals surface area contributed by atoms with Gasteiger partial charge in [-0.2, -0.15) is 0 Å². The number of carbonyl (C=O) groups is 2. The maximum atomic E-state index is 13.5. The van der Waals surface area contributed by atoms with Crippen molar-refractivity contribution in [3.63, 3.8) is 0 Å². The van der Waals surface area contributed by atoms with E-state index in [1.165, 1.54) is 15.9 Å². The zero-order valence-electron chi connectivity index (χ0n) is 11.8. The zero-order valence-corrected chi connectivity index (χ0v) is 11.8. The molecule has 0 unspecified atom stereocenters. The summed E-state index contributed by atoms with van der Waals surface area (Å²) in [6.07, 6.45) is 0. The zero-order chi connectivity index (χ0) is 15.3. The Morgan fingerprint density at radius 2 is 1.65 bits per heavy atom. The van der Waals surface area contributed by atoms with E-state index in [0.29, 0.717) is 6.54 Å². The molecule has 0 aliphatic rings. The number of hydrogen-bond donors (Lipinski definition) is 0. The summed E-state index contributed by atoms with van der Waals surface area (Å²) in [6.45, 7) is 2.04. The monoisotopic (exact) mass is 284 g/mol. The first-order chi connectivity index (χ1) is 9.36. The summed E-state index contributed by atoms with van der Waals surface area (Å²) in [5, 5.41) is 0. The lowest BCUT2D eigenvalue weighted by Gasteiger charge is -2.21. The molecule has 0 atom stereocenters. The quantitative estimate of drug-likeness (QED) is 0.744. The van der Waals surface area contributed by atoms with Gasteiger partial charge in [-0.05, 0) is 18.7 Å². The lowest BCUT2D eigenvalue weighted by atomic mass is 10.1. The van der Waals surface area contributed by atoms with E-state index in [2.05, 4.69) is 0 Å². The molecule has 0 spiro atoms. The molecule has 1 aromatic rings. The maximum Gasteiger partial charge on any atom is 0.236 e. The molecule has 6 heteroatoms. The second-order valence-electron chi connectivity index (χ2n) is 4.61. The van der Waals surface area contributed by atoms with E-state index in [-0.39, 0.29) is 19.0 Å². The Morgan fingerprint density at radius 1 is 1.10 bits per heavy atom. The average Bonchev–Trinajstić information content (AvgIpc) is 2.37. The van der Waals surface area contributed by atoms with Crippen molar-refractivity contribution in [1.82, 2.24) is 9.80 Å².